The molecular weight excluding hydrogens is 278 g/mol. The van der Waals surface area contributed by atoms with Gasteiger partial charge in [0.15, 0.2) is 0 Å². The van der Waals surface area contributed by atoms with E-state index in [4.69, 9.17) is 11.6 Å². The van der Waals surface area contributed by atoms with Crippen molar-refractivity contribution < 1.29 is 9.90 Å². The largest absolute Gasteiger partial charge is 0.478 e. The summed E-state index contributed by atoms with van der Waals surface area (Å²) in [5.74, 6) is -1.01. The first-order valence-corrected chi connectivity index (χ1v) is 6.30. The molecule has 1 aromatic heterocycles. The average Bonchev–Trinajstić information content (AvgIpc) is 2.85. The molecule has 0 aliphatic carbocycles. The van der Waals surface area contributed by atoms with E-state index in [9.17, 15) is 9.90 Å². The molecule has 0 aliphatic rings. The maximum Gasteiger partial charge on any atom is 0.337 e. The van der Waals surface area contributed by atoms with Crippen LogP contribution in [0.3, 0.4) is 0 Å². The number of hydrogen-bond acceptors (Lipinski definition) is 3. The lowest BCUT2D eigenvalue weighted by Gasteiger charge is -2.08. The molecule has 0 fully saturated rings. The fourth-order valence-electron chi connectivity index (χ4n) is 2.12. The third-order valence-electron chi connectivity index (χ3n) is 3.10. The summed E-state index contributed by atoms with van der Waals surface area (Å²) >= 11 is 6.01. The van der Waals surface area contributed by atoms with E-state index in [0.717, 1.165) is 5.56 Å². The lowest BCUT2D eigenvalue weighted by molar-refractivity contribution is 0.0698. The van der Waals surface area contributed by atoms with Gasteiger partial charge in [-0.25, -0.2) is 9.48 Å². The maximum absolute atomic E-state index is 11.4. The van der Waals surface area contributed by atoms with Crippen LogP contribution in [0.25, 0.3) is 16.7 Å². The molecule has 0 spiro atoms. The molecule has 2 aromatic carbocycles. The number of carboxylic acid groups (broad SMARTS) is 1. The minimum Gasteiger partial charge on any atom is -0.478 e. The molecule has 100 valence electrons. The summed E-state index contributed by atoms with van der Waals surface area (Å²) in [5.41, 5.74) is 2.80. The van der Waals surface area contributed by atoms with Gasteiger partial charge in [0.1, 0.15) is 11.0 Å². The smallest absolute Gasteiger partial charge is 0.337 e. The van der Waals surface area contributed by atoms with Crippen molar-refractivity contribution in [2.24, 2.45) is 0 Å². The molecular formula is C14H10ClN3O2. The van der Waals surface area contributed by atoms with Crippen molar-refractivity contribution in [1.29, 1.82) is 0 Å². The molecule has 1 N–H and O–H groups in total. The summed E-state index contributed by atoms with van der Waals surface area (Å²) in [6, 6.07) is 10.3. The number of carbonyl (C=O) groups is 1. The monoisotopic (exact) mass is 287 g/mol. The van der Waals surface area contributed by atoms with E-state index in [2.05, 4.69) is 10.3 Å². The Kier molecular flexibility index (Phi) is 2.91. The highest BCUT2D eigenvalue weighted by Gasteiger charge is 2.16. The van der Waals surface area contributed by atoms with Gasteiger partial charge in [0.05, 0.1) is 11.3 Å². The molecule has 3 rings (SSSR count). The summed E-state index contributed by atoms with van der Waals surface area (Å²) in [5, 5.41) is 17.9. The van der Waals surface area contributed by atoms with Crippen LogP contribution in [-0.4, -0.2) is 26.1 Å². The first-order valence-electron chi connectivity index (χ1n) is 5.92. The average molecular weight is 288 g/mol. The SMILES string of the molecule is Cc1ccc(Cl)cc1-n1nnc2cccc(C(=O)O)c21. The number of hydrogen-bond donors (Lipinski definition) is 1. The number of para-hydroxylation sites is 1. The van der Waals surface area contributed by atoms with E-state index in [1.165, 1.54) is 10.7 Å². The van der Waals surface area contributed by atoms with Crippen molar-refractivity contribution in [3.05, 3.63) is 52.5 Å². The Balaban J connectivity index is 2.37. The third-order valence-corrected chi connectivity index (χ3v) is 3.33. The Morgan fingerprint density at radius 2 is 2.10 bits per heavy atom. The Bertz CT molecular complexity index is 826. The van der Waals surface area contributed by atoms with E-state index in [1.54, 1.807) is 24.3 Å². The van der Waals surface area contributed by atoms with Gasteiger partial charge in [0, 0.05) is 5.02 Å². The van der Waals surface area contributed by atoms with Gasteiger partial charge in [-0.3, -0.25) is 0 Å². The van der Waals surface area contributed by atoms with Crippen LogP contribution in [0.1, 0.15) is 15.9 Å². The Morgan fingerprint density at radius 3 is 2.85 bits per heavy atom. The number of aryl methyl sites for hydroxylation is 1. The van der Waals surface area contributed by atoms with E-state index >= 15 is 0 Å². The van der Waals surface area contributed by atoms with Gasteiger partial charge in [0.2, 0.25) is 0 Å². The Labute approximate surface area is 119 Å². The van der Waals surface area contributed by atoms with E-state index < -0.39 is 5.97 Å². The number of rotatable bonds is 2. The highest BCUT2D eigenvalue weighted by atomic mass is 35.5. The molecule has 0 atom stereocenters. The van der Waals surface area contributed by atoms with E-state index in [0.29, 0.717) is 21.7 Å². The van der Waals surface area contributed by atoms with Crippen molar-refractivity contribution in [3.63, 3.8) is 0 Å². The summed E-state index contributed by atoms with van der Waals surface area (Å²) in [4.78, 5) is 11.4. The number of nitrogens with zero attached hydrogens (tertiary/aromatic N) is 3. The summed E-state index contributed by atoms with van der Waals surface area (Å²) in [6.45, 7) is 1.91. The second-order valence-electron chi connectivity index (χ2n) is 4.41. The van der Waals surface area contributed by atoms with Gasteiger partial charge in [-0.05, 0) is 36.8 Å². The van der Waals surface area contributed by atoms with Gasteiger partial charge in [-0.15, -0.1) is 5.10 Å². The number of carboxylic acids is 1. The van der Waals surface area contributed by atoms with E-state index in [1.807, 2.05) is 13.0 Å². The third kappa shape index (κ3) is 1.92. The lowest BCUT2D eigenvalue weighted by atomic mass is 10.1. The van der Waals surface area contributed by atoms with Crippen molar-refractivity contribution >= 4 is 28.6 Å². The zero-order valence-corrected chi connectivity index (χ0v) is 11.3. The van der Waals surface area contributed by atoms with Gasteiger partial charge in [-0.1, -0.05) is 28.9 Å². The van der Waals surface area contributed by atoms with Crippen molar-refractivity contribution in [3.8, 4) is 5.69 Å². The van der Waals surface area contributed by atoms with Crippen LogP contribution >= 0.6 is 11.6 Å². The molecule has 0 bridgehead atoms. The predicted molar refractivity (Wildman–Crippen MR) is 75.6 cm³/mol. The second kappa shape index (κ2) is 4.61. The molecule has 0 saturated carbocycles. The van der Waals surface area contributed by atoms with Crippen molar-refractivity contribution in [1.82, 2.24) is 15.0 Å². The second-order valence-corrected chi connectivity index (χ2v) is 4.85. The quantitative estimate of drug-likeness (QED) is 0.786. The van der Waals surface area contributed by atoms with Crippen LogP contribution in [0.4, 0.5) is 0 Å². The predicted octanol–water partition coefficient (Wildman–Crippen LogP) is 3.08. The molecule has 1 heterocycles. The van der Waals surface area contributed by atoms with Gasteiger partial charge in [-0.2, -0.15) is 0 Å². The van der Waals surface area contributed by atoms with Gasteiger partial charge < -0.3 is 5.11 Å². The molecule has 0 amide bonds. The van der Waals surface area contributed by atoms with Crippen LogP contribution in [0.5, 0.6) is 0 Å². The Hall–Kier alpha value is -2.40. The number of aromatic carboxylic acids is 1. The molecule has 20 heavy (non-hydrogen) atoms. The fourth-order valence-corrected chi connectivity index (χ4v) is 2.29. The maximum atomic E-state index is 11.4. The lowest BCUT2D eigenvalue weighted by Crippen LogP contribution is -2.04. The summed E-state index contributed by atoms with van der Waals surface area (Å²) in [6.07, 6.45) is 0. The number of benzene rings is 2. The first-order chi connectivity index (χ1) is 9.58. The van der Waals surface area contributed by atoms with Gasteiger partial charge >= 0.3 is 5.97 Å². The van der Waals surface area contributed by atoms with Crippen LogP contribution in [0.15, 0.2) is 36.4 Å². The van der Waals surface area contributed by atoms with Crippen LogP contribution in [-0.2, 0) is 0 Å². The van der Waals surface area contributed by atoms with Crippen LogP contribution in [0, 0.1) is 6.92 Å². The molecule has 0 saturated heterocycles. The normalized spacial score (nSPS) is 10.9. The molecule has 0 unspecified atom stereocenters. The minimum absolute atomic E-state index is 0.159. The molecule has 6 heteroatoms. The zero-order chi connectivity index (χ0) is 14.3. The molecule has 3 aromatic rings. The summed E-state index contributed by atoms with van der Waals surface area (Å²) < 4.78 is 1.51. The van der Waals surface area contributed by atoms with Crippen molar-refractivity contribution in [2.45, 2.75) is 6.92 Å². The fraction of sp³-hybridized carbons (Fsp3) is 0.0714. The molecule has 5 nitrogen and oxygen atoms in total. The van der Waals surface area contributed by atoms with Crippen LogP contribution < -0.4 is 0 Å². The number of fused-ring (bicyclic) bond motifs is 1. The Morgan fingerprint density at radius 1 is 1.30 bits per heavy atom. The zero-order valence-electron chi connectivity index (χ0n) is 10.5. The van der Waals surface area contributed by atoms with E-state index in [-0.39, 0.29) is 5.56 Å². The molecule has 0 radical (unpaired) electrons. The highest BCUT2D eigenvalue weighted by Crippen LogP contribution is 2.24. The summed E-state index contributed by atoms with van der Waals surface area (Å²) in [7, 11) is 0. The highest BCUT2D eigenvalue weighted by molar-refractivity contribution is 6.30. The van der Waals surface area contributed by atoms with Gasteiger partial charge in [0.25, 0.3) is 0 Å². The minimum atomic E-state index is -1.01. The standard InChI is InChI=1S/C14H10ClN3O2/c1-8-5-6-9(15)7-12(8)18-13-10(14(19)20)3-2-4-11(13)16-17-18/h2-7H,1H3,(H,19,20). The number of halogens is 1. The molecule has 0 aliphatic heterocycles. The first kappa shape index (κ1) is 12.6. The topological polar surface area (TPSA) is 68.0 Å². The van der Waals surface area contributed by atoms with Crippen molar-refractivity contribution in [2.75, 3.05) is 0 Å². The number of aromatic nitrogens is 3. The van der Waals surface area contributed by atoms with Crippen LogP contribution in [0.2, 0.25) is 5.02 Å².